The normalized spacial score (nSPS) is 20.7. The molecule has 0 aromatic rings. The fourth-order valence-corrected chi connectivity index (χ4v) is 1.72. The molecule has 2 rings (SSSR count). The van der Waals surface area contributed by atoms with Crippen LogP contribution in [0.4, 0.5) is 0 Å². The first-order chi connectivity index (χ1) is 4.86. The Kier molecular flexibility index (Phi) is 1.33. The molecule has 0 N–H and O–H groups in total. The average Bonchev–Trinajstić information content (AvgIpc) is 2.27. The maximum Gasteiger partial charge on any atom is 0.107 e. The van der Waals surface area contributed by atoms with Crippen LogP contribution in [-0.2, 0) is 0 Å². The Morgan fingerprint density at radius 2 is 2.40 bits per heavy atom. The Balaban J connectivity index is 2.42. The zero-order valence-electron chi connectivity index (χ0n) is 5.39. The summed E-state index contributed by atoms with van der Waals surface area (Å²) in [6.07, 6.45) is 12.3. The lowest BCUT2D eigenvalue weighted by atomic mass is 10.1. The molecular weight excluding hydrogens is 188 g/mol. The number of rotatable bonds is 0. The lowest BCUT2D eigenvalue weighted by molar-refractivity contribution is 1.29. The van der Waals surface area contributed by atoms with Gasteiger partial charge in [0.15, 0.2) is 0 Å². The van der Waals surface area contributed by atoms with Gasteiger partial charge in [0.1, 0.15) is 12.2 Å². The number of allylic oxidation sites excluding steroid dienone is 8. The van der Waals surface area contributed by atoms with Crippen molar-refractivity contribution in [1.82, 2.24) is 0 Å². The van der Waals surface area contributed by atoms with Crippen LogP contribution in [0.2, 0.25) is 0 Å². The van der Waals surface area contributed by atoms with E-state index < -0.39 is 0 Å². The Hall–Kier alpha value is -0.650. The van der Waals surface area contributed by atoms with Gasteiger partial charge in [0.25, 0.3) is 0 Å². The molecule has 0 spiro atoms. The van der Waals surface area contributed by atoms with Crippen LogP contribution in [0.5, 0.6) is 0 Å². The first-order valence-electron chi connectivity index (χ1n) is 3.21. The predicted octanol–water partition coefficient (Wildman–Crippen LogP) is 2.89. The summed E-state index contributed by atoms with van der Waals surface area (Å²) in [5, 5.41) is 0. The van der Waals surface area contributed by atoms with E-state index in [2.05, 4.69) is 34.2 Å². The molecule has 0 saturated heterocycles. The van der Waals surface area contributed by atoms with Crippen molar-refractivity contribution >= 4 is 15.9 Å². The second-order valence-electron chi connectivity index (χ2n) is 2.39. The van der Waals surface area contributed by atoms with Gasteiger partial charge in [0, 0.05) is 10.6 Å². The topological polar surface area (TPSA) is 0 Å². The van der Waals surface area contributed by atoms with E-state index in [1.807, 2.05) is 12.2 Å². The lowest BCUT2D eigenvalue weighted by Crippen LogP contribution is -1.80. The van der Waals surface area contributed by atoms with E-state index in [1.165, 1.54) is 15.6 Å². The van der Waals surface area contributed by atoms with Gasteiger partial charge in [-0.3, -0.25) is 0 Å². The molecule has 0 aromatic heterocycles. The lowest BCUT2D eigenvalue weighted by Gasteiger charge is -1.88. The van der Waals surface area contributed by atoms with Gasteiger partial charge >= 0.3 is 0 Å². The summed E-state index contributed by atoms with van der Waals surface area (Å²) in [7, 11) is 0. The quantitative estimate of drug-likeness (QED) is 0.520. The van der Waals surface area contributed by atoms with Crippen LogP contribution in [0.15, 0.2) is 39.9 Å². The number of hydrogen-bond acceptors (Lipinski definition) is 0. The highest BCUT2D eigenvalue weighted by atomic mass is 79.9. The fraction of sp³-hybridized carbons (Fsp3) is 0.111. The van der Waals surface area contributed by atoms with Crippen LogP contribution < -0.4 is 0 Å². The van der Waals surface area contributed by atoms with Crippen molar-refractivity contribution in [3.8, 4) is 0 Å². The molecule has 0 fully saturated rings. The fourth-order valence-electron chi connectivity index (χ4n) is 1.17. The Morgan fingerprint density at radius 3 is 3.20 bits per heavy atom. The Bertz CT molecular complexity index is 277. The molecule has 2 aliphatic carbocycles. The summed E-state index contributed by atoms with van der Waals surface area (Å²) < 4.78 is 1.27. The third-order valence-corrected chi connectivity index (χ3v) is 2.17. The smallest absolute Gasteiger partial charge is 0.0539 e. The zero-order valence-corrected chi connectivity index (χ0v) is 6.98. The second kappa shape index (κ2) is 2.19. The maximum absolute atomic E-state index is 3.47. The monoisotopic (exact) mass is 193 g/mol. The van der Waals surface area contributed by atoms with E-state index >= 15 is 0 Å². The van der Waals surface area contributed by atoms with Gasteiger partial charge in [-0.15, -0.1) is 0 Å². The summed E-state index contributed by atoms with van der Waals surface area (Å²) in [5.74, 6) is 0. The minimum Gasteiger partial charge on any atom is -0.0539 e. The van der Waals surface area contributed by atoms with E-state index in [4.69, 9.17) is 0 Å². The Morgan fingerprint density at radius 1 is 1.50 bits per heavy atom. The van der Waals surface area contributed by atoms with E-state index in [-0.39, 0.29) is 0 Å². The SMILES string of the molecule is BrC1=CC2=C(C=[C+]C=C2)C1. The summed E-state index contributed by atoms with van der Waals surface area (Å²) in [6.45, 7) is 0. The van der Waals surface area contributed by atoms with Crippen molar-refractivity contribution in [2.24, 2.45) is 0 Å². The highest BCUT2D eigenvalue weighted by Gasteiger charge is 2.18. The van der Waals surface area contributed by atoms with Crippen molar-refractivity contribution in [3.05, 3.63) is 46.0 Å². The molecule has 10 heavy (non-hydrogen) atoms. The van der Waals surface area contributed by atoms with Gasteiger partial charge in [0.2, 0.25) is 0 Å². The largest absolute Gasteiger partial charge is 0.107 e. The van der Waals surface area contributed by atoms with E-state index in [0.717, 1.165) is 6.42 Å². The molecule has 0 saturated carbocycles. The standard InChI is InChI=1S/C9H6Br/c10-9-5-7-3-1-2-4-8(7)6-9/h1,3-5H,6H2/q+1. The molecule has 0 heterocycles. The second-order valence-corrected chi connectivity index (χ2v) is 3.41. The van der Waals surface area contributed by atoms with Crippen LogP contribution >= 0.6 is 15.9 Å². The minimum absolute atomic E-state index is 1.03. The zero-order chi connectivity index (χ0) is 6.97. The van der Waals surface area contributed by atoms with Crippen LogP contribution in [0.3, 0.4) is 0 Å². The highest BCUT2D eigenvalue weighted by Crippen LogP contribution is 2.31. The third-order valence-electron chi connectivity index (χ3n) is 1.66. The summed E-state index contributed by atoms with van der Waals surface area (Å²) >= 11 is 3.47. The molecule has 0 radical (unpaired) electrons. The molecule has 0 unspecified atom stereocenters. The van der Waals surface area contributed by atoms with Crippen molar-refractivity contribution in [2.45, 2.75) is 6.42 Å². The van der Waals surface area contributed by atoms with Gasteiger partial charge < -0.3 is 0 Å². The molecule has 0 aliphatic heterocycles. The van der Waals surface area contributed by atoms with Crippen molar-refractivity contribution in [2.75, 3.05) is 0 Å². The molecule has 0 aromatic carbocycles. The van der Waals surface area contributed by atoms with E-state index in [9.17, 15) is 0 Å². The van der Waals surface area contributed by atoms with Crippen LogP contribution in [0, 0.1) is 6.08 Å². The van der Waals surface area contributed by atoms with Crippen LogP contribution in [0.1, 0.15) is 6.42 Å². The molecule has 48 valence electrons. The molecule has 1 heteroatoms. The summed E-state index contributed by atoms with van der Waals surface area (Å²) in [5.41, 5.74) is 2.69. The summed E-state index contributed by atoms with van der Waals surface area (Å²) in [4.78, 5) is 0. The van der Waals surface area contributed by atoms with Gasteiger partial charge in [-0.1, -0.05) is 15.9 Å². The molecule has 0 bridgehead atoms. The van der Waals surface area contributed by atoms with Gasteiger partial charge in [-0.2, -0.15) is 0 Å². The molecule has 2 aliphatic rings. The Labute approximate surface area is 68.8 Å². The maximum atomic E-state index is 3.47. The van der Waals surface area contributed by atoms with Crippen molar-refractivity contribution in [1.29, 1.82) is 0 Å². The first-order valence-corrected chi connectivity index (χ1v) is 4.00. The van der Waals surface area contributed by atoms with Crippen LogP contribution in [0.25, 0.3) is 0 Å². The predicted molar refractivity (Wildman–Crippen MR) is 45.6 cm³/mol. The van der Waals surface area contributed by atoms with Crippen LogP contribution in [-0.4, -0.2) is 0 Å². The van der Waals surface area contributed by atoms with Crippen molar-refractivity contribution < 1.29 is 0 Å². The molecule has 0 amide bonds. The van der Waals surface area contributed by atoms with Crippen molar-refractivity contribution in [3.63, 3.8) is 0 Å². The number of halogens is 1. The first kappa shape index (κ1) is 6.09. The van der Waals surface area contributed by atoms with E-state index in [0.29, 0.717) is 0 Å². The third kappa shape index (κ3) is 0.880. The molecular formula is C9H6Br+. The molecule has 0 nitrogen and oxygen atoms in total. The number of hydrogen-bond donors (Lipinski definition) is 0. The van der Waals surface area contributed by atoms with Gasteiger partial charge in [-0.25, -0.2) is 0 Å². The van der Waals surface area contributed by atoms with E-state index in [1.54, 1.807) is 0 Å². The summed E-state index contributed by atoms with van der Waals surface area (Å²) in [6, 6.07) is 0. The van der Waals surface area contributed by atoms with Gasteiger partial charge in [0.05, 0.1) is 23.6 Å². The van der Waals surface area contributed by atoms with Gasteiger partial charge in [-0.05, 0) is 6.08 Å². The molecule has 0 atom stereocenters. The average molecular weight is 194 g/mol. The highest BCUT2D eigenvalue weighted by molar-refractivity contribution is 9.11. The minimum atomic E-state index is 1.03.